The van der Waals surface area contributed by atoms with Gasteiger partial charge in [0.15, 0.2) is 0 Å². The highest BCUT2D eigenvalue weighted by atomic mass is 32.2. The molecule has 0 aromatic carbocycles. The Kier molecular flexibility index (Phi) is 3.32. The molecule has 0 unspecified atom stereocenters. The molecule has 1 fully saturated rings. The summed E-state index contributed by atoms with van der Waals surface area (Å²) in [5, 5.41) is 0. The Bertz CT molecular complexity index is 253. The van der Waals surface area contributed by atoms with Crippen LogP contribution in [0.2, 0.25) is 0 Å². The first-order valence-electron chi connectivity index (χ1n) is 4.69. The smallest absolute Gasteiger partial charge is 0.271 e. The van der Waals surface area contributed by atoms with E-state index in [1.165, 1.54) is 0 Å². The Morgan fingerprint density at radius 1 is 1.15 bits per heavy atom. The summed E-state index contributed by atoms with van der Waals surface area (Å²) in [5.41, 5.74) is 5.45. The third-order valence-corrected chi connectivity index (χ3v) is 4.60. The maximum absolute atomic E-state index is 11.2. The van der Waals surface area contributed by atoms with Gasteiger partial charge in [0.2, 0.25) is 0 Å². The molecule has 0 radical (unpaired) electrons. The van der Waals surface area contributed by atoms with Crippen LogP contribution in [0.3, 0.4) is 0 Å². The van der Waals surface area contributed by atoms with Gasteiger partial charge < -0.3 is 5.73 Å². The lowest BCUT2D eigenvalue weighted by Crippen LogP contribution is -2.44. The summed E-state index contributed by atoms with van der Waals surface area (Å²) in [5.74, 6) is 0. The van der Waals surface area contributed by atoms with Gasteiger partial charge in [-0.25, -0.2) is 0 Å². The Morgan fingerprint density at radius 3 is 1.92 bits per heavy atom. The van der Waals surface area contributed by atoms with E-state index in [0.29, 0.717) is 12.8 Å². The fourth-order valence-corrected chi connectivity index (χ4v) is 2.96. The quantitative estimate of drug-likeness (QED) is 0.521. The molecule has 1 aliphatic carbocycles. The molecule has 0 aliphatic heterocycles. The van der Waals surface area contributed by atoms with Crippen LogP contribution in [0.4, 0.5) is 0 Å². The Hall–Kier alpha value is -0.130. The van der Waals surface area contributed by atoms with Crippen LogP contribution in [0.5, 0.6) is 0 Å². The number of hydrogen-bond acceptors (Lipinski definition) is 3. The van der Waals surface area contributed by atoms with Crippen LogP contribution in [0.15, 0.2) is 0 Å². The minimum absolute atomic E-state index is 0.0336. The van der Waals surface area contributed by atoms with Crippen molar-refractivity contribution in [2.24, 2.45) is 5.73 Å². The van der Waals surface area contributed by atoms with E-state index in [2.05, 4.69) is 0 Å². The number of rotatable bonds is 2. The van der Waals surface area contributed by atoms with Gasteiger partial charge in [-0.15, -0.1) is 0 Å². The maximum Gasteiger partial charge on any atom is 0.271 e. The fraction of sp³-hybridized carbons (Fsp3) is 1.00. The highest BCUT2D eigenvalue weighted by molar-refractivity contribution is 7.87. The molecule has 78 valence electrons. The van der Waals surface area contributed by atoms with Crippen LogP contribution in [0, 0.1) is 0 Å². The van der Waals surface area contributed by atoms with Crippen LogP contribution >= 0.6 is 0 Å². The van der Waals surface area contributed by atoms with E-state index < -0.39 is 14.9 Å². The standard InChI is InChI=1S/C8H17NO3S/c9-7-8(13(10,11)12)5-3-1-2-4-6-8/h1-7,9H2,(H,10,11,12). The van der Waals surface area contributed by atoms with Gasteiger partial charge >= 0.3 is 0 Å². The first-order chi connectivity index (χ1) is 6.02. The van der Waals surface area contributed by atoms with Crippen LogP contribution in [-0.2, 0) is 10.1 Å². The third kappa shape index (κ3) is 2.21. The van der Waals surface area contributed by atoms with Gasteiger partial charge in [0, 0.05) is 6.54 Å². The predicted octanol–water partition coefficient (Wildman–Crippen LogP) is 0.926. The van der Waals surface area contributed by atoms with Crippen molar-refractivity contribution in [3.63, 3.8) is 0 Å². The first kappa shape index (κ1) is 10.9. The Morgan fingerprint density at radius 2 is 1.62 bits per heavy atom. The summed E-state index contributed by atoms with van der Waals surface area (Å²) in [6.45, 7) is 0.0336. The molecule has 3 N–H and O–H groups in total. The number of nitrogens with two attached hydrogens (primary N) is 1. The van der Waals surface area contributed by atoms with Crippen molar-refractivity contribution in [1.29, 1.82) is 0 Å². The van der Waals surface area contributed by atoms with E-state index in [4.69, 9.17) is 10.3 Å². The van der Waals surface area contributed by atoms with Gasteiger partial charge in [0.05, 0.1) is 0 Å². The summed E-state index contributed by atoms with van der Waals surface area (Å²) in [6.07, 6.45) is 4.77. The summed E-state index contributed by atoms with van der Waals surface area (Å²) in [4.78, 5) is 0. The van der Waals surface area contributed by atoms with Gasteiger partial charge in [-0.1, -0.05) is 25.7 Å². The zero-order valence-corrected chi connectivity index (χ0v) is 8.52. The molecule has 0 saturated heterocycles. The van der Waals surface area contributed by atoms with Crippen LogP contribution in [-0.4, -0.2) is 24.3 Å². The zero-order chi connectivity index (χ0) is 9.95. The molecule has 4 nitrogen and oxygen atoms in total. The predicted molar refractivity (Wildman–Crippen MR) is 51.0 cm³/mol. The van der Waals surface area contributed by atoms with Crippen molar-refractivity contribution in [3.8, 4) is 0 Å². The molecular formula is C8H17NO3S. The second-order valence-electron chi connectivity index (χ2n) is 3.78. The molecule has 13 heavy (non-hydrogen) atoms. The lowest BCUT2D eigenvalue weighted by Gasteiger charge is -2.27. The molecule has 0 aromatic heterocycles. The Balaban J connectivity index is 2.90. The van der Waals surface area contributed by atoms with E-state index >= 15 is 0 Å². The van der Waals surface area contributed by atoms with Gasteiger partial charge in [-0.2, -0.15) is 8.42 Å². The van der Waals surface area contributed by atoms with Crippen molar-refractivity contribution >= 4 is 10.1 Å². The molecule has 1 aliphatic rings. The van der Waals surface area contributed by atoms with Crippen molar-refractivity contribution in [3.05, 3.63) is 0 Å². The summed E-state index contributed by atoms with van der Waals surface area (Å²) >= 11 is 0. The van der Waals surface area contributed by atoms with E-state index in [1.807, 2.05) is 0 Å². The van der Waals surface area contributed by atoms with Gasteiger partial charge in [0.1, 0.15) is 4.75 Å². The van der Waals surface area contributed by atoms with Crippen LogP contribution < -0.4 is 5.73 Å². The van der Waals surface area contributed by atoms with E-state index in [9.17, 15) is 8.42 Å². The molecule has 0 heterocycles. The minimum atomic E-state index is -3.99. The topological polar surface area (TPSA) is 80.4 Å². The fourth-order valence-electron chi connectivity index (χ4n) is 1.94. The molecule has 0 atom stereocenters. The average Bonchev–Trinajstić information content (AvgIpc) is 2.27. The maximum atomic E-state index is 11.2. The Labute approximate surface area is 79.3 Å². The SMILES string of the molecule is NCC1(S(=O)(=O)O)CCCCCC1. The zero-order valence-electron chi connectivity index (χ0n) is 7.70. The molecule has 0 spiro atoms. The largest absolute Gasteiger partial charge is 0.329 e. The van der Waals surface area contributed by atoms with E-state index in [-0.39, 0.29) is 6.54 Å². The van der Waals surface area contributed by atoms with Crippen molar-refractivity contribution in [2.75, 3.05) is 6.54 Å². The van der Waals surface area contributed by atoms with Gasteiger partial charge in [-0.05, 0) is 12.8 Å². The highest BCUT2D eigenvalue weighted by Crippen LogP contribution is 2.32. The van der Waals surface area contributed by atoms with Crippen LogP contribution in [0.25, 0.3) is 0 Å². The monoisotopic (exact) mass is 207 g/mol. The molecule has 1 rings (SSSR count). The van der Waals surface area contributed by atoms with Crippen molar-refractivity contribution < 1.29 is 13.0 Å². The van der Waals surface area contributed by atoms with E-state index in [0.717, 1.165) is 25.7 Å². The second-order valence-corrected chi connectivity index (χ2v) is 5.59. The third-order valence-electron chi connectivity index (χ3n) is 2.93. The van der Waals surface area contributed by atoms with Gasteiger partial charge in [-0.3, -0.25) is 4.55 Å². The highest BCUT2D eigenvalue weighted by Gasteiger charge is 2.41. The summed E-state index contributed by atoms with van der Waals surface area (Å²) in [6, 6.07) is 0. The average molecular weight is 207 g/mol. The van der Waals surface area contributed by atoms with Crippen LogP contribution in [0.1, 0.15) is 38.5 Å². The summed E-state index contributed by atoms with van der Waals surface area (Å²) in [7, 11) is -3.99. The molecule has 0 amide bonds. The first-order valence-corrected chi connectivity index (χ1v) is 6.13. The van der Waals surface area contributed by atoms with Gasteiger partial charge in [0.25, 0.3) is 10.1 Å². The summed E-state index contributed by atoms with van der Waals surface area (Å²) < 4.78 is 30.4. The molecule has 5 heteroatoms. The van der Waals surface area contributed by atoms with E-state index in [1.54, 1.807) is 0 Å². The molecule has 1 saturated carbocycles. The second kappa shape index (κ2) is 3.94. The molecular weight excluding hydrogens is 190 g/mol. The van der Waals surface area contributed by atoms with Crippen molar-refractivity contribution in [1.82, 2.24) is 0 Å². The molecule has 0 bridgehead atoms. The molecule has 0 aromatic rings. The lowest BCUT2D eigenvalue weighted by molar-refractivity contribution is 0.397. The van der Waals surface area contributed by atoms with Crippen molar-refractivity contribution in [2.45, 2.75) is 43.3 Å². The minimum Gasteiger partial charge on any atom is -0.329 e. The number of hydrogen-bond donors (Lipinski definition) is 2. The normalized spacial score (nSPS) is 23.8. The lowest BCUT2D eigenvalue weighted by atomic mass is 10.00.